The van der Waals surface area contributed by atoms with E-state index in [2.05, 4.69) is 0 Å². The van der Waals surface area contributed by atoms with Gasteiger partial charge in [-0.1, -0.05) is 53.7 Å². The van der Waals surface area contributed by atoms with Crippen LogP contribution in [0.25, 0.3) is 0 Å². The van der Waals surface area contributed by atoms with Crippen LogP contribution in [-0.2, 0) is 9.59 Å². The molecule has 0 aliphatic heterocycles. The predicted octanol–water partition coefficient (Wildman–Crippen LogP) is 4.16. The molecule has 0 bridgehead atoms. The number of hydrogen-bond acceptors (Lipinski definition) is 5. The smallest absolute Gasteiger partial charge is 0.238 e. The molecule has 0 heterocycles. The predicted molar refractivity (Wildman–Crippen MR) is 109 cm³/mol. The normalized spacial score (nSPS) is 18.0. The van der Waals surface area contributed by atoms with Gasteiger partial charge in [-0.3, -0.25) is 19.2 Å². The Morgan fingerprint density at radius 1 is 0.690 bits per heavy atom. The molecule has 29 heavy (non-hydrogen) atoms. The highest BCUT2D eigenvalue weighted by molar-refractivity contribution is 6.60. The van der Waals surface area contributed by atoms with E-state index in [9.17, 15) is 24.3 Å². The van der Waals surface area contributed by atoms with E-state index in [1.807, 2.05) is 41.5 Å². The second-order valence-corrected chi connectivity index (χ2v) is 9.46. The fraction of sp³-hybridized carbons (Fsp3) is 0.333. The molecule has 3 rings (SSSR count). The molecule has 0 saturated heterocycles. The molecule has 0 amide bonds. The number of allylic oxidation sites excluding steroid dienone is 6. The van der Waals surface area contributed by atoms with Gasteiger partial charge in [0.25, 0.3) is 0 Å². The van der Waals surface area contributed by atoms with Gasteiger partial charge >= 0.3 is 0 Å². The lowest BCUT2D eigenvalue weighted by Crippen LogP contribution is -2.33. The average molecular weight is 392 g/mol. The van der Waals surface area contributed by atoms with Crippen molar-refractivity contribution in [3.05, 3.63) is 63.8 Å². The maximum absolute atomic E-state index is 13.1. The number of phenolic OH excluding ortho intramolecular Hbond substituents is 1. The number of hydrogen-bond donors (Lipinski definition) is 1. The van der Waals surface area contributed by atoms with Crippen LogP contribution in [0.1, 0.15) is 62.3 Å². The number of ketones is 4. The first-order valence-electron chi connectivity index (χ1n) is 9.44. The molecule has 2 aliphatic rings. The van der Waals surface area contributed by atoms with E-state index < -0.39 is 33.9 Å². The Morgan fingerprint density at radius 3 is 1.69 bits per heavy atom. The Hall–Kier alpha value is -3.08. The SMILES string of the molecule is CC(C)(C)C1=CC(=C2C(=O)C(=O)c3c(O)cccc3C2=O)C=C(C(C)(C)C)C1=O. The number of aromatic hydroxyl groups is 1. The molecule has 0 radical (unpaired) electrons. The largest absolute Gasteiger partial charge is 0.507 e. The summed E-state index contributed by atoms with van der Waals surface area (Å²) in [6.45, 7) is 11.3. The lowest BCUT2D eigenvalue weighted by atomic mass is 9.70. The Morgan fingerprint density at radius 2 is 1.21 bits per heavy atom. The minimum atomic E-state index is -0.970. The highest BCUT2D eigenvalue weighted by atomic mass is 16.3. The van der Waals surface area contributed by atoms with Gasteiger partial charge in [0.15, 0.2) is 11.6 Å². The molecule has 1 aromatic carbocycles. The van der Waals surface area contributed by atoms with E-state index in [0.29, 0.717) is 11.1 Å². The zero-order valence-corrected chi connectivity index (χ0v) is 17.5. The minimum absolute atomic E-state index is 0.00887. The summed E-state index contributed by atoms with van der Waals surface area (Å²) in [5.74, 6) is -3.04. The Kier molecular flexibility index (Phi) is 4.61. The first-order chi connectivity index (χ1) is 13.2. The van der Waals surface area contributed by atoms with Gasteiger partial charge in [-0.05, 0) is 34.6 Å². The molecule has 2 aliphatic carbocycles. The molecule has 1 aromatic rings. The Bertz CT molecular complexity index is 1040. The Balaban J connectivity index is 2.36. The number of Topliss-reactive ketones (excluding diaryl/α,β-unsaturated/α-hetero) is 4. The molecule has 5 heteroatoms. The van der Waals surface area contributed by atoms with Crippen LogP contribution in [0, 0.1) is 10.8 Å². The summed E-state index contributed by atoms with van der Waals surface area (Å²) in [5.41, 5.74) is -0.363. The number of rotatable bonds is 0. The molecule has 0 spiro atoms. The number of benzene rings is 1. The van der Waals surface area contributed by atoms with Crippen molar-refractivity contribution in [1.82, 2.24) is 0 Å². The summed E-state index contributed by atoms with van der Waals surface area (Å²) in [6.07, 6.45) is 3.09. The van der Waals surface area contributed by atoms with Gasteiger partial charge in [0.2, 0.25) is 11.6 Å². The highest BCUT2D eigenvalue weighted by Crippen LogP contribution is 2.41. The summed E-state index contributed by atoms with van der Waals surface area (Å²) in [5, 5.41) is 9.98. The molecule has 5 nitrogen and oxygen atoms in total. The average Bonchev–Trinajstić information content (AvgIpc) is 2.59. The third-order valence-corrected chi connectivity index (χ3v) is 5.17. The third kappa shape index (κ3) is 3.31. The monoisotopic (exact) mass is 392 g/mol. The topological polar surface area (TPSA) is 88.5 Å². The standard InChI is InChI=1S/C24H24O5/c1-23(2,3)14-10-12(11-15(20(14)27)24(4,5)6)17-19(26)13-8-7-9-16(25)18(13)22(29)21(17)28/h7-11,25H,1-6H3. The number of carbonyl (C=O) groups is 4. The van der Waals surface area contributed by atoms with Crippen molar-refractivity contribution in [2.75, 3.05) is 0 Å². The van der Waals surface area contributed by atoms with Crippen molar-refractivity contribution in [2.24, 2.45) is 10.8 Å². The summed E-state index contributed by atoms with van der Waals surface area (Å²) in [7, 11) is 0. The van der Waals surface area contributed by atoms with Crippen LogP contribution in [0.4, 0.5) is 0 Å². The fourth-order valence-electron chi connectivity index (χ4n) is 3.58. The number of fused-ring (bicyclic) bond motifs is 1. The second kappa shape index (κ2) is 6.48. The van der Waals surface area contributed by atoms with Gasteiger partial charge in [-0.2, -0.15) is 0 Å². The van der Waals surface area contributed by atoms with Gasteiger partial charge in [0, 0.05) is 16.7 Å². The molecule has 1 N–H and O–H groups in total. The first-order valence-corrected chi connectivity index (χ1v) is 9.44. The lowest BCUT2D eigenvalue weighted by Gasteiger charge is -2.32. The van der Waals surface area contributed by atoms with Crippen LogP contribution in [-0.4, -0.2) is 28.2 Å². The summed E-state index contributed by atoms with van der Waals surface area (Å²) >= 11 is 0. The van der Waals surface area contributed by atoms with Crippen LogP contribution in [0.2, 0.25) is 0 Å². The van der Waals surface area contributed by atoms with Gasteiger partial charge in [-0.25, -0.2) is 0 Å². The maximum Gasteiger partial charge on any atom is 0.238 e. The van der Waals surface area contributed by atoms with Crippen molar-refractivity contribution >= 4 is 23.1 Å². The van der Waals surface area contributed by atoms with E-state index in [4.69, 9.17) is 0 Å². The third-order valence-electron chi connectivity index (χ3n) is 5.17. The molecule has 150 valence electrons. The van der Waals surface area contributed by atoms with Gasteiger partial charge in [0.1, 0.15) is 5.75 Å². The van der Waals surface area contributed by atoms with Crippen molar-refractivity contribution < 1.29 is 24.3 Å². The van der Waals surface area contributed by atoms with E-state index in [1.54, 1.807) is 12.2 Å². The summed E-state index contributed by atoms with van der Waals surface area (Å²) < 4.78 is 0. The molecule has 0 fully saturated rings. The van der Waals surface area contributed by atoms with Crippen molar-refractivity contribution in [1.29, 1.82) is 0 Å². The van der Waals surface area contributed by atoms with Crippen LogP contribution in [0.5, 0.6) is 5.75 Å². The molecular weight excluding hydrogens is 368 g/mol. The van der Waals surface area contributed by atoms with E-state index >= 15 is 0 Å². The van der Waals surface area contributed by atoms with Crippen LogP contribution >= 0.6 is 0 Å². The van der Waals surface area contributed by atoms with Crippen molar-refractivity contribution in [2.45, 2.75) is 41.5 Å². The maximum atomic E-state index is 13.1. The molecule has 0 atom stereocenters. The fourth-order valence-corrected chi connectivity index (χ4v) is 3.58. The van der Waals surface area contributed by atoms with Crippen molar-refractivity contribution in [3.8, 4) is 5.75 Å². The number of carbonyl (C=O) groups excluding carboxylic acids is 4. The van der Waals surface area contributed by atoms with Crippen LogP contribution < -0.4 is 0 Å². The Labute approximate surface area is 169 Å². The van der Waals surface area contributed by atoms with E-state index in [1.165, 1.54) is 18.2 Å². The zero-order chi connectivity index (χ0) is 21.9. The molecule has 0 saturated carbocycles. The second-order valence-electron chi connectivity index (χ2n) is 9.46. The zero-order valence-electron chi connectivity index (χ0n) is 17.5. The lowest BCUT2D eigenvalue weighted by molar-refractivity contribution is -0.114. The van der Waals surface area contributed by atoms with E-state index in [0.717, 1.165) is 0 Å². The molecule has 0 unspecified atom stereocenters. The van der Waals surface area contributed by atoms with E-state index in [-0.39, 0.29) is 28.1 Å². The molecular formula is C24H24O5. The first kappa shape index (κ1) is 20.6. The minimum Gasteiger partial charge on any atom is -0.507 e. The summed E-state index contributed by atoms with van der Waals surface area (Å²) in [4.78, 5) is 51.7. The van der Waals surface area contributed by atoms with Gasteiger partial charge in [-0.15, -0.1) is 0 Å². The van der Waals surface area contributed by atoms with Crippen LogP contribution in [0.15, 0.2) is 52.6 Å². The van der Waals surface area contributed by atoms with Gasteiger partial charge < -0.3 is 5.11 Å². The van der Waals surface area contributed by atoms with Crippen LogP contribution in [0.3, 0.4) is 0 Å². The van der Waals surface area contributed by atoms with Gasteiger partial charge in [0.05, 0.1) is 11.1 Å². The quantitative estimate of drug-likeness (QED) is 0.407. The molecule has 0 aromatic heterocycles. The summed E-state index contributed by atoms with van der Waals surface area (Å²) in [6, 6.07) is 4.14. The number of phenols is 1. The van der Waals surface area contributed by atoms with Crippen molar-refractivity contribution in [3.63, 3.8) is 0 Å². The highest BCUT2D eigenvalue weighted by Gasteiger charge is 2.41.